The number of hydrogen-bond acceptors (Lipinski definition) is 5. The average molecular weight is 601 g/mol. The number of para-hydroxylation sites is 1. The lowest BCUT2D eigenvalue weighted by Crippen LogP contribution is -2.17. The summed E-state index contributed by atoms with van der Waals surface area (Å²) in [4.78, 5) is 25.5. The molecule has 44 heavy (non-hydrogen) atoms. The average Bonchev–Trinajstić information content (AvgIpc) is 3.04. The Hall–Kier alpha value is -3.60. The Morgan fingerprint density at radius 1 is 0.614 bits per heavy atom. The van der Waals surface area contributed by atoms with Crippen LogP contribution in [0.15, 0.2) is 72.8 Å². The molecule has 0 amide bonds. The summed E-state index contributed by atoms with van der Waals surface area (Å²) in [6.07, 6.45) is 17.5. The second-order valence-corrected chi connectivity index (χ2v) is 11.7. The zero-order chi connectivity index (χ0) is 31.4. The lowest BCUT2D eigenvalue weighted by molar-refractivity contribution is 0.0319. The van der Waals surface area contributed by atoms with Crippen LogP contribution < -0.4 is 9.47 Å². The van der Waals surface area contributed by atoms with Gasteiger partial charge in [-0.1, -0.05) is 127 Å². The topological polar surface area (TPSA) is 61.8 Å². The number of ether oxygens (including phenoxy) is 3. The van der Waals surface area contributed by atoms with Crippen molar-refractivity contribution in [1.29, 1.82) is 0 Å². The Labute approximate surface area is 265 Å². The number of carbonyl (C=O) groups excluding carboxylic acids is 2. The first-order valence-electron chi connectivity index (χ1n) is 16.9. The molecule has 5 heteroatoms. The first-order chi connectivity index (χ1) is 21.5. The van der Waals surface area contributed by atoms with E-state index < -0.39 is 11.9 Å². The molecular weight excluding hydrogens is 548 g/mol. The molecule has 1 unspecified atom stereocenters. The standard InChI is InChI=1S/C39H52O5/c1-4-6-7-8-9-10-11-12-13-14-15-18-30-42-35-28-26-33(27-29-35)32-22-24-34(25-23-32)38(40)44-37-21-17-16-20-36(37)39(41)43-31(3)19-5-2/h16-17,20-29,31H,4-15,18-19,30H2,1-3H3. The molecular formula is C39H52O5. The zero-order valence-corrected chi connectivity index (χ0v) is 27.2. The molecule has 3 aromatic rings. The lowest BCUT2D eigenvalue weighted by Gasteiger charge is -2.14. The summed E-state index contributed by atoms with van der Waals surface area (Å²) in [6, 6.07) is 22.0. The molecule has 3 rings (SSSR count). The highest BCUT2D eigenvalue weighted by molar-refractivity contribution is 5.96. The van der Waals surface area contributed by atoms with Crippen molar-refractivity contribution >= 4 is 11.9 Å². The van der Waals surface area contributed by atoms with Crippen LogP contribution in [0, 0.1) is 0 Å². The van der Waals surface area contributed by atoms with Gasteiger partial charge in [-0.25, -0.2) is 9.59 Å². The fourth-order valence-electron chi connectivity index (χ4n) is 5.27. The Balaban J connectivity index is 1.38. The fourth-order valence-corrected chi connectivity index (χ4v) is 5.27. The highest BCUT2D eigenvalue weighted by Gasteiger charge is 2.19. The smallest absolute Gasteiger partial charge is 0.343 e. The normalized spacial score (nSPS) is 11.6. The number of hydrogen-bond donors (Lipinski definition) is 0. The van der Waals surface area contributed by atoms with Crippen molar-refractivity contribution in [2.45, 2.75) is 117 Å². The molecule has 0 radical (unpaired) electrons. The van der Waals surface area contributed by atoms with Gasteiger partial charge in [0, 0.05) is 0 Å². The van der Waals surface area contributed by atoms with Crippen LogP contribution in [0.2, 0.25) is 0 Å². The second-order valence-electron chi connectivity index (χ2n) is 11.7. The van der Waals surface area contributed by atoms with Gasteiger partial charge in [-0.15, -0.1) is 0 Å². The number of esters is 2. The van der Waals surface area contributed by atoms with E-state index in [9.17, 15) is 9.59 Å². The first-order valence-corrected chi connectivity index (χ1v) is 16.9. The van der Waals surface area contributed by atoms with Gasteiger partial charge in [-0.05, 0) is 67.3 Å². The Bertz CT molecular complexity index is 1230. The maximum Gasteiger partial charge on any atom is 0.343 e. The van der Waals surface area contributed by atoms with Crippen molar-refractivity contribution < 1.29 is 23.8 Å². The summed E-state index contributed by atoms with van der Waals surface area (Å²) in [5.41, 5.74) is 2.67. The molecule has 0 aliphatic carbocycles. The van der Waals surface area contributed by atoms with Gasteiger partial charge in [-0.3, -0.25) is 0 Å². The minimum absolute atomic E-state index is 0.189. The molecule has 0 aliphatic rings. The summed E-state index contributed by atoms with van der Waals surface area (Å²) in [6.45, 7) is 6.91. The Morgan fingerprint density at radius 3 is 1.75 bits per heavy atom. The zero-order valence-electron chi connectivity index (χ0n) is 27.2. The number of rotatable bonds is 21. The van der Waals surface area contributed by atoms with Crippen LogP contribution in [0.25, 0.3) is 11.1 Å². The molecule has 0 saturated carbocycles. The molecule has 3 aromatic carbocycles. The van der Waals surface area contributed by atoms with E-state index in [1.54, 1.807) is 36.4 Å². The van der Waals surface area contributed by atoms with Gasteiger partial charge in [0.05, 0.1) is 18.3 Å². The number of unbranched alkanes of at least 4 members (excludes halogenated alkanes) is 11. The minimum Gasteiger partial charge on any atom is -0.494 e. The van der Waals surface area contributed by atoms with E-state index in [4.69, 9.17) is 14.2 Å². The van der Waals surface area contributed by atoms with E-state index in [1.165, 1.54) is 70.6 Å². The van der Waals surface area contributed by atoms with E-state index in [2.05, 4.69) is 6.92 Å². The molecule has 1 atom stereocenters. The first kappa shape index (κ1) is 34.9. The van der Waals surface area contributed by atoms with Crippen LogP contribution in [0.3, 0.4) is 0 Å². The maximum atomic E-state index is 12.9. The molecule has 0 aromatic heterocycles. The van der Waals surface area contributed by atoms with Crippen molar-refractivity contribution in [3.05, 3.63) is 83.9 Å². The monoisotopic (exact) mass is 600 g/mol. The minimum atomic E-state index is -0.528. The molecule has 5 nitrogen and oxygen atoms in total. The van der Waals surface area contributed by atoms with Crippen molar-refractivity contribution in [2.24, 2.45) is 0 Å². The van der Waals surface area contributed by atoms with Gasteiger partial charge in [0.2, 0.25) is 0 Å². The highest BCUT2D eigenvalue weighted by Crippen LogP contribution is 2.25. The molecule has 0 saturated heterocycles. The SMILES string of the molecule is CCCCCCCCCCCCCCOc1ccc(-c2ccc(C(=O)Oc3ccccc3C(=O)OC(C)CCC)cc2)cc1. The van der Waals surface area contributed by atoms with Crippen molar-refractivity contribution in [2.75, 3.05) is 6.61 Å². The highest BCUT2D eigenvalue weighted by atomic mass is 16.6. The largest absolute Gasteiger partial charge is 0.494 e. The van der Waals surface area contributed by atoms with Gasteiger partial charge < -0.3 is 14.2 Å². The molecule has 0 spiro atoms. The van der Waals surface area contributed by atoms with Crippen LogP contribution in [0.5, 0.6) is 11.5 Å². The maximum absolute atomic E-state index is 12.9. The predicted molar refractivity (Wildman–Crippen MR) is 180 cm³/mol. The van der Waals surface area contributed by atoms with E-state index in [1.807, 2.05) is 50.2 Å². The van der Waals surface area contributed by atoms with Crippen LogP contribution in [0.1, 0.15) is 131 Å². The summed E-state index contributed by atoms with van der Waals surface area (Å²) in [7, 11) is 0. The van der Waals surface area contributed by atoms with Gasteiger partial charge >= 0.3 is 11.9 Å². The molecule has 0 heterocycles. The predicted octanol–water partition coefficient (Wildman–Crippen LogP) is 11.0. The number of carbonyl (C=O) groups is 2. The van der Waals surface area contributed by atoms with Crippen molar-refractivity contribution in [3.8, 4) is 22.6 Å². The van der Waals surface area contributed by atoms with Crippen LogP contribution >= 0.6 is 0 Å². The molecule has 0 N–H and O–H groups in total. The quantitative estimate of drug-likeness (QED) is 0.0691. The Morgan fingerprint density at radius 2 is 1.16 bits per heavy atom. The van der Waals surface area contributed by atoms with Gasteiger partial charge in [0.1, 0.15) is 17.1 Å². The molecule has 0 fully saturated rings. The van der Waals surface area contributed by atoms with E-state index in [0.717, 1.165) is 42.7 Å². The Kier molecular flexibility index (Phi) is 16.2. The third-order valence-electron chi connectivity index (χ3n) is 7.89. The van der Waals surface area contributed by atoms with E-state index in [0.29, 0.717) is 5.56 Å². The molecule has 0 bridgehead atoms. The van der Waals surface area contributed by atoms with Crippen LogP contribution in [-0.4, -0.2) is 24.6 Å². The second kappa shape index (κ2) is 20.4. The third kappa shape index (κ3) is 12.6. The third-order valence-corrected chi connectivity index (χ3v) is 7.89. The van der Waals surface area contributed by atoms with Gasteiger partial charge in [-0.2, -0.15) is 0 Å². The van der Waals surface area contributed by atoms with Crippen LogP contribution in [0.4, 0.5) is 0 Å². The summed E-state index contributed by atoms with van der Waals surface area (Å²) in [5.74, 6) is 0.0406. The molecule has 238 valence electrons. The van der Waals surface area contributed by atoms with Crippen LogP contribution in [-0.2, 0) is 4.74 Å². The summed E-state index contributed by atoms with van der Waals surface area (Å²) < 4.78 is 17.1. The van der Waals surface area contributed by atoms with Crippen molar-refractivity contribution in [3.63, 3.8) is 0 Å². The summed E-state index contributed by atoms with van der Waals surface area (Å²) >= 11 is 0. The fraction of sp³-hybridized carbons (Fsp3) is 0.487. The summed E-state index contributed by atoms with van der Waals surface area (Å²) in [5, 5.41) is 0. The van der Waals surface area contributed by atoms with Gasteiger partial charge in [0.25, 0.3) is 0 Å². The van der Waals surface area contributed by atoms with E-state index >= 15 is 0 Å². The van der Waals surface area contributed by atoms with Gasteiger partial charge in [0.15, 0.2) is 0 Å². The number of benzene rings is 3. The molecule has 0 aliphatic heterocycles. The lowest BCUT2D eigenvalue weighted by atomic mass is 10.0. The van der Waals surface area contributed by atoms with E-state index in [-0.39, 0.29) is 17.4 Å². The van der Waals surface area contributed by atoms with Crippen molar-refractivity contribution in [1.82, 2.24) is 0 Å².